The van der Waals surface area contributed by atoms with Crippen LogP contribution in [0, 0.1) is 5.82 Å². The van der Waals surface area contributed by atoms with Gasteiger partial charge in [-0.2, -0.15) is 5.10 Å². The molecule has 3 rings (SSSR count). The molecule has 9 heteroatoms. The minimum atomic E-state index is -2.92. The second-order valence-electron chi connectivity index (χ2n) is 5.47. The van der Waals surface area contributed by atoms with Crippen LogP contribution in [0.15, 0.2) is 24.3 Å². The molecular formula is C15H14F3N3O3. The van der Waals surface area contributed by atoms with E-state index in [4.69, 9.17) is 0 Å². The summed E-state index contributed by atoms with van der Waals surface area (Å²) in [6.07, 6.45) is 0. The molecule has 128 valence electrons. The number of halogens is 3. The number of methoxy groups -OCH3 is 1. The maximum atomic E-state index is 13.5. The highest BCUT2D eigenvalue weighted by molar-refractivity contribution is 5.92. The molecule has 1 atom stereocenters. The van der Waals surface area contributed by atoms with Crippen molar-refractivity contribution in [1.29, 1.82) is 0 Å². The maximum absolute atomic E-state index is 13.5. The van der Waals surface area contributed by atoms with Crippen molar-refractivity contribution >= 4 is 11.8 Å². The molecule has 0 bridgehead atoms. The predicted octanol–water partition coefficient (Wildman–Crippen LogP) is 2.35. The molecule has 1 aromatic carbocycles. The summed E-state index contributed by atoms with van der Waals surface area (Å²) in [5.74, 6) is -4.95. The summed E-state index contributed by atoms with van der Waals surface area (Å²) < 4.78 is 45.8. The van der Waals surface area contributed by atoms with Gasteiger partial charge in [0, 0.05) is 0 Å². The zero-order valence-electron chi connectivity index (χ0n) is 12.8. The van der Waals surface area contributed by atoms with Gasteiger partial charge in [0.2, 0.25) is 5.69 Å². The fourth-order valence-corrected chi connectivity index (χ4v) is 2.53. The van der Waals surface area contributed by atoms with Crippen LogP contribution in [0.2, 0.25) is 0 Å². The van der Waals surface area contributed by atoms with Crippen molar-refractivity contribution in [3.63, 3.8) is 0 Å². The summed E-state index contributed by atoms with van der Waals surface area (Å²) in [5.41, 5.74) is -0.0986. The van der Waals surface area contributed by atoms with Gasteiger partial charge in [-0.3, -0.25) is 0 Å². The number of alkyl halides is 2. The van der Waals surface area contributed by atoms with E-state index < -0.39 is 41.7 Å². The van der Waals surface area contributed by atoms with Gasteiger partial charge in [-0.1, -0.05) is 0 Å². The quantitative estimate of drug-likeness (QED) is 0.868. The van der Waals surface area contributed by atoms with Gasteiger partial charge in [-0.05, 0) is 31.2 Å². The Balaban J connectivity index is 2.13. The van der Waals surface area contributed by atoms with Gasteiger partial charge in [0.15, 0.2) is 11.6 Å². The lowest BCUT2D eigenvalue weighted by atomic mass is 10.00. The molecule has 0 radical (unpaired) electrons. The predicted molar refractivity (Wildman–Crippen MR) is 78.3 cm³/mol. The Kier molecular flexibility index (Phi) is 3.66. The molecule has 0 spiro atoms. The summed E-state index contributed by atoms with van der Waals surface area (Å²) in [7, 11) is 1.11. The van der Waals surface area contributed by atoms with Gasteiger partial charge >= 0.3 is 5.97 Å². The fraction of sp³-hybridized carbons (Fsp3) is 0.333. The number of hydrogen-bond donors (Lipinski definition) is 1. The summed E-state index contributed by atoms with van der Waals surface area (Å²) >= 11 is 0. The van der Waals surface area contributed by atoms with Gasteiger partial charge in [-0.25, -0.2) is 22.6 Å². The monoisotopic (exact) mass is 341 g/mol. The smallest absolute Gasteiger partial charge is 0.362 e. The highest BCUT2D eigenvalue weighted by atomic mass is 19.3. The van der Waals surface area contributed by atoms with Crippen molar-refractivity contribution in [3.8, 4) is 11.4 Å². The molecule has 1 aromatic heterocycles. The van der Waals surface area contributed by atoms with E-state index in [1.807, 2.05) is 0 Å². The third kappa shape index (κ3) is 2.36. The number of carbonyl (C=O) groups excluding carboxylic acids is 1. The Morgan fingerprint density at radius 3 is 2.50 bits per heavy atom. The van der Waals surface area contributed by atoms with Crippen LogP contribution in [-0.2, 0) is 4.74 Å². The molecule has 0 unspecified atom stereocenters. The number of nitrogens with zero attached hydrogens (tertiary/aromatic N) is 3. The van der Waals surface area contributed by atoms with E-state index in [0.29, 0.717) is 5.69 Å². The number of anilines is 1. The van der Waals surface area contributed by atoms with Crippen molar-refractivity contribution < 1.29 is 27.8 Å². The number of carbonyl (C=O) groups is 1. The fourth-order valence-electron chi connectivity index (χ4n) is 2.53. The molecule has 1 N–H and O–H groups in total. The van der Waals surface area contributed by atoms with Crippen LogP contribution in [0.3, 0.4) is 0 Å². The first-order chi connectivity index (χ1) is 11.3. The van der Waals surface area contributed by atoms with Crippen molar-refractivity contribution in [3.05, 3.63) is 35.8 Å². The van der Waals surface area contributed by atoms with Crippen LogP contribution >= 0.6 is 0 Å². The van der Waals surface area contributed by atoms with Crippen molar-refractivity contribution in [1.82, 2.24) is 9.78 Å². The summed E-state index contributed by atoms with van der Waals surface area (Å²) in [6, 6.07) is 3.84. The Morgan fingerprint density at radius 2 is 2.00 bits per heavy atom. The minimum absolute atomic E-state index is 0.0690. The summed E-state index contributed by atoms with van der Waals surface area (Å²) in [5, 5.41) is 14.3. The van der Waals surface area contributed by atoms with E-state index in [2.05, 4.69) is 9.84 Å². The zero-order chi connectivity index (χ0) is 17.6. The number of aromatic nitrogens is 2. The molecule has 0 saturated carbocycles. The second kappa shape index (κ2) is 5.43. The average molecular weight is 341 g/mol. The molecule has 0 amide bonds. The van der Waals surface area contributed by atoms with E-state index in [1.54, 1.807) is 0 Å². The number of esters is 1. The number of ether oxygens (including phenoxy) is 1. The summed E-state index contributed by atoms with van der Waals surface area (Å²) in [6.45, 7) is 0.665. The van der Waals surface area contributed by atoms with Gasteiger partial charge in [-0.15, -0.1) is 0 Å². The second-order valence-corrected chi connectivity index (χ2v) is 5.47. The average Bonchev–Trinajstić information content (AvgIpc) is 2.89. The Bertz CT molecular complexity index is 789. The molecule has 1 saturated heterocycles. The highest BCUT2D eigenvalue weighted by Crippen LogP contribution is 2.44. The third-order valence-electron chi connectivity index (χ3n) is 4.02. The van der Waals surface area contributed by atoms with Crippen molar-refractivity contribution in [2.75, 3.05) is 18.6 Å². The summed E-state index contributed by atoms with van der Waals surface area (Å²) in [4.78, 5) is 13.0. The van der Waals surface area contributed by atoms with Crippen LogP contribution in [0.25, 0.3) is 5.69 Å². The Hall–Kier alpha value is -2.71. The van der Waals surface area contributed by atoms with Gasteiger partial charge < -0.3 is 14.7 Å². The standard InChI is InChI=1S/C15H14F3N3O3/c1-8-15(17,18)7-20(8)13-12(22)11(14(23)24-2)19-21(13)10-5-3-9(16)4-6-10/h3-6,8,22H,7H2,1-2H3/t8-/m1/s1. The minimum Gasteiger partial charge on any atom is -0.503 e. The van der Waals surface area contributed by atoms with E-state index in [1.165, 1.54) is 24.0 Å². The van der Waals surface area contributed by atoms with Gasteiger partial charge in [0.25, 0.3) is 5.92 Å². The lowest BCUT2D eigenvalue weighted by Crippen LogP contribution is -2.64. The van der Waals surface area contributed by atoms with Crippen molar-refractivity contribution in [2.24, 2.45) is 0 Å². The lowest BCUT2D eigenvalue weighted by Gasteiger charge is -2.46. The Morgan fingerprint density at radius 1 is 1.38 bits per heavy atom. The largest absolute Gasteiger partial charge is 0.503 e. The normalized spacial score (nSPS) is 19.0. The first kappa shape index (κ1) is 16.2. The topological polar surface area (TPSA) is 67.6 Å². The SMILES string of the molecule is COC(=O)c1nn(-c2ccc(F)cc2)c(N2CC(F)(F)[C@H]2C)c1O. The van der Waals surface area contributed by atoms with Gasteiger partial charge in [0.1, 0.15) is 5.82 Å². The first-order valence-corrected chi connectivity index (χ1v) is 7.07. The van der Waals surface area contributed by atoms with Gasteiger partial charge in [0.05, 0.1) is 25.4 Å². The molecule has 6 nitrogen and oxygen atoms in total. The molecule has 1 fully saturated rings. The third-order valence-corrected chi connectivity index (χ3v) is 4.02. The Labute approximate surface area is 135 Å². The van der Waals surface area contributed by atoms with E-state index in [-0.39, 0.29) is 5.82 Å². The van der Waals surface area contributed by atoms with Crippen LogP contribution in [0.5, 0.6) is 5.75 Å². The number of hydrogen-bond acceptors (Lipinski definition) is 5. The molecule has 1 aliphatic heterocycles. The molecule has 0 aliphatic carbocycles. The van der Waals surface area contributed by atoms with Crippen LogP contribution in [-0.4, -0.2) is 46.5 Å². The van der Waals surface area contributed by atoms with E-state index in [0.717, 1.165) is 23.9 Å². The number of aromatic hydroxyl groups is 1. The van der Waals surface area contributed by atoms with Crippen molar-refractivity contribution in [2.45, 2.75) is 18.9 Å². The molecule has 2 aromatic rings. The van der Waals surface area contributed by atoms with Crippen LogP contribution in [0.4, 0.5) is 19.0 Å². The zero-order valence-corrected chi connectivity index (χ0v) is 12.8. The van der Waals surface area contributed by atoms with E-state index >= 15 is 0 Å². The molecule has 1 aliphatic rings. The van der Waals surface area contributed by atoms with Crippen LogP contribution in [0.1, 0.15) is 17.4 Å². The highest BCUT2D eigenvalue weighted by Gasteiger charge is 2.54. The molecular weight excluding hydrogens is 327 g/mol. The number of rotatable bonds is 3. The van der Waals surface area contributed by atoms with E-state index in [9.17, 15) is 23.1 Å². The molecule has 2 heterocycles. The lowest BCUT2D eigenvalue weighted by molar-refractivity contribution is -0.0647. The van der Waals surface area contributed by atoms with Crippen LogP contribution < -0.4 is 4.90 Å². The number of benzene rings is 1. The maximum Gasteiger partial charge on any atom is 0.362 e. The first-order valence-electron chi connectivity index (χ1n) is 7.07. The molecule has 24 heavy (non-hydrogen) atoms.